The zero-order chi connectivity index (χ0) is 18.0. The molecule has 0 bridgehead atoms. The highest BCUT2D eigenvalue weighted by atomic mass is 19.1. The molecular formula is C20H26FN3O. The van der Waals surface area contributed by atoms with Crippen molar-refractivity contribution < 1.29 is 9.18 Å². The van der Waals surface area contributed by atoms with Crippen molar-refractivity contribution in [2.24, 2.45) is 13.0 Å². The van der Waals surface area contributed by atoms with Gasteiger partial charge in [-0.05, 0) is 55.4 Å². The van der Waals surface area contributed by atoms with Gasteiger partial charge >= 0.3 is 0 Å². The predicted octanol–water partition coefficient (Wildman–Crippen LogP) is 4.13. The van der Waals surface area contributed by atoms with Crippen LogP contribution in [0.3, 0.4) is 0 Å². The van der Waals surface area contributed by atoms with Crippen molar-refractivity contribution >= 4 is 5.91 Å². The van der Waals surface area contributed by atoms with E-state index in [-0.39, 0.29) is 17.8 Å². The third kappa shape index (κ3) is 3.91. The Morgan fingerprint density at radius 2 is 2.00 bits per heavy atom. The van der Waals surface area contributed by atoms with Crippen LogP contribution >= 0.6 is 0 Å². The maximum Gasteiger partial charge on any atom is 0.272 e. The van der Waals surface area contributed by atoms with E-state index in [1.165, 1.54) is 12.1 Å². The lowest BCUT2D eigenvalue weighted by molar-refractivity contribution is 0.0600. The van der Waals surface area contributed by atoms with Crippen molar-refractivity contribution in [3.8, 4) is 0 Å². The van der Waals surface area contributed by atoms with Crippen LogP contribution in [0.1, 0.15) is 60.9 Å². The summed E-state index contributed by atoms with van der Waals surface area (Å²) in [5.41, 5.74) is 2.58. The molecule has 0 radical (unpaired) electrons. The van der Waals surface area contributed by atoms with E-state index in [2.05, 4.69) is 18.9 Å². The number of amides is 1. The second kappa shape index (κ2) is 7.38. The molecule has 1 atom stereocenters. The van der Waals surface area contributed by atoms with Crippen LogP contribution in [0.2, 0.25) is 0 Å². The minimum absolute atomic E-state index is 0.00491. The first-order valence-electron chi connectivity index (χ1n) is 9.05. The Hall–Kier alpha value is -2.17. The number of likely N-dealkylation sites (tertiary alicyclic amines) is 1. The first kappa shape index (κ1) is 17.6. The number of carbonyl (C=O) groups is 1. The number of rotatable bonds is 4. The molecule has 25 heavy (non-hydrogen) atoms. The standard InChI is InChI=1S/C20H26FN3O/c1-14(2)12-17-13-19(23(3)22-17)20(25)24-11-5-4-6-18(24)15-7-9-16(21)10-8-15/h7-10,13-14,18H,4-6,11-12H2,1-3H3/t18-/m1/s1. The molecular weight excluding hydrogens is 317 g/mol. The number of aromatic nitrogens is 2. The van der Waals surface area contributed by atoms with Gasteiger partial charge in [0.15, 0.2) is 0 Å². The van der Waals surface area contributed by atoms with Crippen molar-refractivity contribution in [2.75, 3.05) is 6.54 Å². The molecule has 1 amide bonds. The van der Waals surface area contributed by atoms with Crippen LogP contribution < -0.4 is 0 Å². The molecule has 1 fully saturated rings. The van der Waals surface area contributed by atoms with Crippen LogP contribution in [0.5, 0.6) is 0 Å². The quantitative estimate of drug-likeness (QED) is 0.837. The van der Waals surface area contributed by atoms with Crippen molar-refractivity contribution in [1.29, 1.82) is 0 Å². The van der Waals surface area contributed by atoms with Crippen molar-refractivity contribution in [3.05, 3.63) is 53.1 Å². The highest BCUT2D eigenvalue weighted by Gasteiger charge is 2.30. The average molecular weight is 343 g/mol. The van der Waals surface area contributed by atoms with Crippen molar-refractivity contribution in [2.45, 2.75) is 45.6 Å². The highest BCUT2D eigenvalue weighted by molar-refractivity contribution is 5.93. The van der Waals surface area contributed by atoms with Gasteiger partial charge in [0.2, 0.25) is 0 Å². The van der Waals surface area contributed by atoms with E-state index in [4.69, 9.17) is 0 Å². The van der Waals surface area contributed by atoms with Crippen molar-refractivity contribution in [3.63, 3.8) is 0 Å². The number of hydrogen-bond acceptors (Lipinski definition) is 2. The summed E-state index contributed by atoms with van der Waals surface area (Å²) in [6.07, 6.45) is 3.85. The van der Waals surface area contributed by atoms with E-state index < -0.39 is 0 Å². The first-order chi connectivity index (χ1) is 12.0. The number of halogens is 1. The number of aryl methyl sites for hydroxylation is 1. The molecule has 1 aliphatic heterocycles. The van der Waals surface area contributed by atoms with Gasteiger partial charge in [-0.15, -0.1) is 0 Å². The molecule has 1 aromatic heterocycles. The van der Waals surface area contributed by atoms with Crippen LogP contribution in [0.4, 0.5) is 4.39 Å². The number of benzene rings is 1. The average Bonchev–Trinajstić information content (AvgIpc) is 2.94. The Labute approximate surface area is 148 Å². The van der Waals surface area contributed by atoms with Crippen LogP contribution in [0.25, 0.3) is 0 Å². The van der Waals surface area contributed by atoms with Gasteiger partial charge in [0.25, 0.3) is 5.91 Å². The van der Waals surface area contributed by atoms with E-state index in [1.807, 2.05) is 18.0 Å². The Balaban J connectivity index is 1.86. The largest absolute Gasteiger partial charge is 0.330 e. The lowest BCUT2D eigenvalue weighted by Gasteiger charge is -2.36. The lowest BCUT2D eigenvalue weighted by atomic mass is 9.95. The Kier molecular flexibility index (Phi) is 5.21. The molecule has 0 unspecified atom stereocenters. The van der Waals surface area contributed by atoms with Crippen LogP contribution in [0, 0.1) is 11.7 Å². The van der Waals surface area contributed by atoms with Crippen molar-refractivity contribution in [1.82, 2.24) is 14.7 Å². The van der Waals surface area contributed by atoms with Gasteiger partial charge in [0, 0.05) is 13.6 Å². The van der Waals surface area contributed by atoms with Crippen LogP contribution in [-0.4, -0.2) is 27.1 Å². The minimum atomic E-state index is -0.248. The smallest absolute Gasteiger partial charge is 0.272 e. The molecule has 1 aliphatic rings. The Bertz CT molecular complexity index is 736. The number of piperidine rings is 1. The third-order valence-electron chi connectivity index (χ3n) is 4.79. The molecule has 0 spiro atoms. The van der Waals surface area contributed by atoms with Gasteiger partial charge in [-0.3, -0.25) is 9.48 Å². The molecule has 3 rings (SSSR count). The van der Waals surface area contributed by atoms with Gasteiger partial charge in [0.1, 0.15) is 11.5 Å². The van der Waals surface area contributed by atoms with Crippen LogP contribution in [0.15, 0.2) is 30.3 Å². The Morgan fingerprint density at radius 3 is 2.68 bits per heavy atom. The van der Waals surface area contributed by atoms with Gasteiger partial charge in [-0.2, -0.15) is 5.10 Å². The molecule has 0 aliphatic carbocycles. The minimum Gasteiger partial charge on any atom is -0.330 e. The molecule has 1 saturated heterocycles. The maximum atomic E-state index is 13.2. The van der Waals surface area contributed by atoms with Gasteiger partial charge in [-0.25, -0.2) is 4.39 Å². The summed E-state index contributed by atoms with van der Waals surface area (Å²) < 4.78 is 14.9. The first-order valence-corrected chi connectivity index (χ1v) is 9.05. The summed E-state index contributed by atoms with van der Waals surface area (Å²) >= 11 is 0. The fourth-order valence-corrected chi connectivity index (χ4v) is 3.60. The summed E-state index contributed by atoms with van der Waals surface area (Å²) in [7, 11) is 1.83. The number of nitrogens with zero attached hydrogens (tertiary/aromatic N) is 3. The van der Waals surface area contributed by atoms with Gasteiger partial charge < -0.3 is 4.90 Å². The highest BCUT2D eigenvalue weighted by Crippen LogP contribution is 2.32. The number of hydrogen-bond donors (Lipinski definition) is 0. The zero-order valence-corrected chi connectivity index (χ0v) is 15.2. The topological polar surface area (TPSA) is 38.1 Å². The van der Waals surface area contributed by atoms with E-state index in [9.17, 15) is 9.18 Å². The van der Waals surface area contributed by atoms with E-state index in [0.717, 1.165) is 43.5 Å². The molecule has 0 saturated carbocycles. The summed E-state index contributed by atoms with van der Waals surface area (Å²) in [6, 6.07) is 8.44. The summed E-state index contributed by atoms with van der Waals surface area (Å²) in [5.74, 6) is 0.265. The third-order valence-corrected chi connectivity index (χ3v) is 4.79. The fourth-order valence-electron chi connectivity index (χ4n) is 3.60. The molecule has 134 valence electrons. The summed E-state index contributed by atoms with van der Waals surface area (Å²) in [5, 5.41) is 4.50. The monoisotopic (exact) mass is 343 g/mol. The van der Waals surface area contributed by atoms with E-state index in [1.54, 1.807) is 16.8 Å². The molecule has 0 N–H and O–H groups in total. The SMILES string of the molecule is CC(C)Cc1cc(C(=O)N2CCCC[C@@H]2c2ccc(F)cc2)n(C)n1. The zero-order valence-electron chi connectivity index (χ0n) is 15.2. The second-order valence-electron chi connectivity index (χ2n) is 7.30. The molecule has 5 heteroatoms. The van der Waals surface area contributed by atoms with Gasteiger partial charge in [0.05, 0.1) is 11.7 Å². The molecule has 4 nitrogen and oxygen atoms in total. The lowest BCUT2D eigenvalue weighted by Crippen LogP contribution is -2.39. The second-order valence-corrected chi connectivity index (χ2v) is 7.30. The molecule has 2 aromatic rings. The molecule has 1 aromatic carbocycles. The molecule has 2 heterocycles. The predicted molar refractivity (Wildman–Crippen MR) is 95.8 cm³/mol. The summed E-state index contributed by atoms with van der Waals surface area (Å²) in [6.45, 7) is 5.02. The van der Waals surface area contributed by atoms with Crippen LogP contribution in [-0.2, 0) is 13.5 Å². The number of carbonyl (C=O) groups excluding carboxylic acids is 1. The van der Waals surface area contributed by atoms with E-state index >= 15 is 0 Å². The fraction of sp³-hybridized carbons (Fsp3) is 0.500. The summed E-state index contributed by atoms with van der Waals surface area (Å²) in [4.78, 5) is 15.1. The van der Waals surface area contributed by atoms with Gasteiger partial charge in [-0.1, -0.05) is 26.0 Å². The Morgan fingerprint density at radius 1 is 1.28 bits per heavy atom. The maximum absolute atomic E-state index is 13.2. The van der Waals surface area contributed by atoms with E-state index in [0.29, 0.717) is 11.6 Å². The normalized spacial score (nSPS) is 18.0.